The molecule has 4 rings (SSSR count). The van der Waals surface area contributed by atoms with E-state index in [1.807, 2.05) is 27.7 Å². The van der Waals surface area contributed by atoms with E-state index < -0.39 is 17.2 Å². The first-order valence-electron chi connectivity index (χ1n) is 11.6. The van der Waals surface area contributed by atoms with Gasteiger partial charge in [-0.3, -0.25) is 9.69 Å². The summed E-state index contributed by atoms with van der Waals surface area (Å²) in [6.45, 7) is 8.66. The number of nitrogens with zero attached hydrogens (tertiary/aromatic N) is 2. The molecule has 0 N–H and O–H groups in total. The molecule has 2 saturated heterocycles. The molecule has 1 unspecified atom stereocenters. The number of likely N-dealkylation sites (tertiary alicyclic amines) is 1. The molecule has 0 aromatic heterocycles. The second kappa shape index (κ2) is 9.84. The molecule has 3 heterocycles. The third kappa shape index (κ3) is 5.48. The van der Waals surface area contributed by atoms with Crippen molar-refractivity contribution in [2.24, 2.45) is 0 Å². The fourth-order valence-electron chi connectivity index (χ4n) is 4.76. The van der Waals surface area contributed by atoms with Crippen molar-refractivity contribution < 1.29 is 28.5 Å². The smallest absolute Gasteiger partial charge is 0.410 e. The van der Waals surface area contributed by atoms with Gasteiger partial charge in [0.1, 0.15) is 17.0 Å². The molecule has 0 aliphatic carbocycles. The van der Waals surface area contributed by atoms with Gasteiger partial charge >= 0.3 is 6.09 Å². The maximum Gasteiger partial charge on any atom is 0.410 e. The quantitative estimate of drug-likeness (QED) is 0.508. The van der Waals surface area contributed by atoms with E-state index in [0.29, 0.717) is 40.5 Å². The summed E-state index contributed by atoms with van der Waals surface area (Å²) in [6, 6.07) is 3.14. The lowest BCUT2D eigenvalue weighted by atomic mass is 9.97. The summed E-state index contributed by atoms with van der Waals surface area (Å²) >= 11 is 9.74. The summed E-state index contributed by atoms with van der Waals surface area (Å²) in [7, 11) is 0. The van der Waals surface area contributed by atoms with Gasteiger partial charge in [-0.2, -0.15) is 0 Å². The van der Waals surface area contributed by atoms with Gasteiger partial charge in [0.15, 0.2) is 12.9 Å². The molecule has 8 nitrogen and oxygen atoms in total. The molecule has 10 heteroatoms. The molecule has 0 saturated carbocycles. The number of rotatable bonds is 4. The van der Waals surface area contributed by atoms with Crippen LogP contribution in [0, 0.1) is 0 Å². The van der Waals surface area contributed by atoms with Gasteiger partial charge in [-0.1, -0.05) is 11.6 Å². The molecule has 3 atom stereocenters. The molecule has 188 valence electrons. The molecular formula is C24H32BrClN2O6. The highest BCUT2D eigenvalue weighted by atomic mass is 79.9. The standard InChI is InChI=1S/C24H32BrClN2O6/c1-23(2,3)34-22(30)27-12-16(11-24(27,4)14-33-20-7-5-6-8-31-20)28-19(29)13-32-18-10-15(26)9-17(25)21(18)28/h9-10,16,20H,5-8,11-14H2,1-4H3/t16-,20?,24+/m0/s1. The summed E-state index contributed by atoms with van der Waals surface area (Å²) in [4.78, 5) is 29.7. The van der Waals surface area contributed by atoms with Gasteiger partial charge in [-0.15, -0.1) is 0 Å². The number of fused-ring (bicyclic) bond motifs is 1. The van der Waals surface area contributed by atoms with Crippen molar-refractivity contribution in [1.82, 2.24) is 4.90 Å². The van der Waals surface area contributed by atoms with Crippen LogP contribution >= 0.6 is 27.5 Å². The fourth-order valence-corrected chi connectivity index (χ4v) is 5.73. The van der Waals surface area contributed by atoms with Gasteiger partial charge in [0.25, 0.3) is 5.91 Å². The maximum atomic E-state index is 13.3. The van der Waals surface area contributed by atoms with Crippen LogP contribution in [0.5, 0.6) is 5.75 Å². The molecule has 2 amide bonds. The van der Waals surface area contributed by atoms with E-state index in [-0.39, 0.29) is 31.5 Å². The molecular weight excluding hydrogens is 528 g/mol. The van der Waals surface area contributed by atoms with E-state index in [0.717, 1.165) is 19.3 Å². The first kappa shape index (κ1) is 25.5. The highest BCUT2D eigenvalue weighted by Crippen LogP contribution is 2.45. The second-order valence-electron chi connectivity index (χ2n) is 10.3. The van der Waals surface area contributed by atoms with Crippen molar-refractivity contribution in [1.29, 1.82) is 0 Å². The van der Waals surface area contributed by atoms with Crippen molar-refractivity contribution in [3.05, 3.63) is 21.6 Å². The SMILES string of the molecule is CC(C)(C)OC(=O)N1C[C@@H](N2C(=O)COc3cc(Cl)cc(Br)c32)C[C@]1(C)COC1CCCCO1. The molecule has 34 heavy (non-hydrogen) atoms. The van der Waals surface area contributed by atoms with Gasteiger partial charge in [-0.25, -0.2) is 4.79 Å². The minimum Gasteiger partial charge on any atom is -0.481 e. The van der Waals surface area contributed by atoms with E-state index in [2.05, 4.69) is 15.9 Å². The van der Waals surface area contributed by atoms with Crippen molar-refractivity contribution >= 4 is 45.2 Å². The molecule has 3 aliphatic heterocycles. The van der Waals surface area contributed by atoms with E-state index >= 15 is 0 Å². The second-order valence-corrected chi connectivity index (χ2v) is 11.6. The number of hydrogen-bond acceptors (Lipinski definition) is 6. The van der Waals surface area contributed by atoms with E-state index in [4.69, 9.17) is 30.5 Å². The van der Waals surface area contributed by atoms with Crippen molar-refractivity contribution in [3.8, 4) is 5.75 Å². The van der Waals surface area contributed by atoms with Gasteiger partial charge in [-0.05, 0) is 75.4 Å². The van der Waals surface area contributed by atoms with E-state index in [9.17, 15) is 9.59 Å². The van der Waals surface area contributed by atoms with Crippen LogP contribution < -0.4 is 9.64 Å². The first-order chi connectivity index (χ1) is 16.0. The number of anilines is 1. The Kier molecular flexibility index (Phi) is 7.39. The Morgan fingerprint density at radius 3 is 2.76 bits per heavy atom. The Bertz CT molecular complexity index is 948. The van der Waals surface area contributed by atoms with Gasteiger partial charge in [0.2, 0.25) is 0 Å². The van der Waals surface area contributed by atoms with Crippen LogP contribution in [0.1, 0.15) is 53.4 Å². The third-order valence-electron chi connectivity index (χ3n) is 6.27. The van der Waals surface area contributed by atoms with E-state index in [1.54, 1.807) is 21.9 Å². The average Bonchev–Trinajstić information content (AvgIpc) is 3.10. The number of carbonyl (C=O) groups excluding carboxylic acids is 2. The predicted octanol–water partition coefficient (Wildman–Crippen LogP) is 5.14. The van der Waals surface area contributed by atoms with E-state index in [1.165, 1.54) is 0 Å². The maximum absolute atomic E-state index is 13.3. The molecule has 0 radical (unpaired) electrons. The lowest BCUT2D eigenvalue weighted by Gasteiger charge is -2.37. The number of carbonyl (C=O) groups is 2. The van der Waals surface area contributed by atoms with Crippen molar-refractivity contribution in [2.45, 2.75) is 76.9 Å². The Hall–Kier alpha value is -1.55. The average molecular weight is 560 g/mol. The van der Waals surface area contributed by atoms with Crippen molar-refractivity contribution in [2.75, 3.05) is 31.3 Å². The topological polar surface area (TPSA) is 77.5 Å². The predicted molar refractivity (Wildman–Crippen MR) is 131 cm³/mol. The van der Waals surface area contributed by atoms with Crippen molar-refractivity contribution in [3.63, 3.8) is 0 Å². The monoisotopic (exact) mass is 558 g/mol. The zero-order chi connectivity index (χ0) is 24.7. The van der Waals surface area contributed by atoms with Crippen LogP contribution in [-0.4, -0.2) is 66.7 Å². The van der Waals surface area contributed by atoms with Gasteiger partial charge < -0.3 is 23.8 Å². The van der Waals surface area contributed by atoms with Crippen LogP contribution in [0.4, 0.5) is 10.5 Å². The minimum atomic E-state index is -0.689. The Morgan fingerprint density at radius 1 is 1.32 bits per heavy atom. The number of benzene rings is 1. The zero-order valence-corrected chi connectivity index (χ0v) is 22.4. The number of halogens is 2. The molecule has 0 spiro atoms. The molecule has 2 fully saturated rings. The number of ether oxygens (including phenoxy) is 4. The number of hydrogen-bond donors (Lipinski definition) is 0. The Morgan fingerprint density at radius 2 is 2.09 bits per heavy atom. The lowest BCUT2D eigenvalue weighted by molar-refractivity contribution is -0.177. The molecule has 1 aromatic rings. The van der Waals surface area contributed by atoms with Crippen LogP contribution in [-0.2, 0) is 19.0 Å². The largest absolute Gasteiger partial charge is 0.481 e. The summed E-state index contributed by atoms with van der Waals surface area (Å²) in [5, 5.41) is 0.507. The normalized spacial score (nSPS) is 27.4. The lowest BCUT2D eigenvalue weighted by Crippen LogP contribution is -2.50. The summed E-state index contributed by atoms with van der Waals surface area (Å²) in [6.07, 6.45) is 2.71. The number of amides is 2. The molecule has 0 bridgehead atoms. The molecule has 1 aromatic carbocycles. The van der Waals surface area contributed by atoms with Crippen LogP contribution in [0.3, 0.4) is 0 Å². The Balaban J connectivity index is 1.62. The summed E-state index contributed by atoms with van der Waals surface area (Å²) < 4.78 is 23.9. The van der Waals surface area contributed by atoms with Crippen LogP contribution in [0.15, 0.2) is 16.6 Å². The van der Waals surface area contributed by atoms with Crippen LogP contribution in [0.2, 0.25) is 5.02 Å². The first-order valence-corrected chi connectivity index (χ1v) is 12.8. The zero-order valence-electron chi connectivity index (χ0n) is 20.1. The fraction of sp³-hybridized carbons (Fsp3) is 0.667. The Labute approximate surface area is 213 Å². The van der Waals surface area contributed by atoms with Gasteiger partial charge in [0.05, 0.1) is 18.2 Å². The summed E-state index contributed by atoms with van der Waals surface area (Å²) in [5.41, 5.74) is -0.716. The van der Waals surface area contributed by atoms with Gasteiger partial charge in [0, 0.05) is 28.7 Å². The third-order valence-corrected chi connectivity index (χ3v) is 7.09. The molecule has 3 aliphatic rings. The van der Waals surface area contributed by atoms with Crippen LogP contribution in [0.25, 0.3) is 0 Å². The highest BCUT2D eigenvalue weighted by molar-refractivity contribution is 9.10. The minimum absolute atomic E-state index is 0.0914. The summed E-state index contributed by atoms with van der Waals surface area (Å²) in [5.74, 6) is 0.355. The highest BCUT2D eigenvalue weighted by Gasteiger charge is 2.50.